The SMILES string of the molecule is Nc1ccc(Oc2ccc(OC(F)(F)F)c(Br)c2)cc1N. The van der Waals surface area contributed by atoms with Gasteiger partial charge in [-0.25, -0.2) is 0 Å². The van der Waals surface area contributed by atoms with Crippen LogP contribution in [0.15, 0.2) is 40.9 Å². The number of rotatable bonds is 3. The van der Waals surface area contributed by atoms with Crippen LogP contribution in [0.25, 0.3) is 0 Å². The first-order chi connectivity index (χ1) is 9.74. The van der Waals surface area contributed by atoms with Crippen molar-refractivity contribution in [2.45, 2.75) is 6.36 Å². The van der Waals surface area contributed by atoms with Gasteiger partial charge in [0, 0.05) is 6.07 Å². The molecule has 0 aromatic heterocycles. The van der Waals surface area contributed by atoms with Crippen LogP contribution in [0, 0.1) is 0 Å². The number of alkyl halides is 3. The van der Waals surface area contributed by atoms with Gasteiger partial charge in [0.05, 0.1) is 15.8 Å². The van der Waals surface area contributed by atoms with Gasteiger partial charge in [0.2, 0.25) is 0 Å². The zero-order valence-corrected chi connectivity index (χ0v) is 12.0. The largest absolute Gasteiger partial charge is 0.573 e. The van der Waals surface area contributed by atoms with Gasteiger partial charge >= 0.3 is 6.36 Å². The number of nitrogen functional groups attached to an aromatic ring is 2. The molecule has 0 heterocycles. The first-order valence-electron chi connectivity index (χ1n) is 5.63. The highest BCUT2D eigenvalue weighted by Gasteiger charge is 2.32. The molecule has 2 aromatic rings. The third-order valence-corrected chi connectivity index (χ3v) is 3.04. The van der Waals surface area contributed by atoms with Crippen LogP contribution in [0.5, 0.6) is 17.2 Å². The van der Waals surface area contributed by atoms with Crippen LogP contribution in [0.3, 0.4) is 0 Å². The molecule has 2 aromatic carbocycles. The molecule has 2 rings (SSSR count). The summed E-state index contributed by atoms with van der Waals surface area (Å²) < 4.78 is 45.9. The number of anilines is 2. The summed E-state index contributed by atoms with van der Waals surface area (Å²) in [6, 6.07) is 8.53. The van der Waals surface area contributed by atoms with Crippen molar-refractivity contribution in [2.75, 3.05) is 11.5 Å². The molecule has 0 amide bonds. The molecule has 0 bridgehead atoms. The molecule has 0 spiro atoms. The molecule has 0 saturated heterocycles. The molecule has 0 atom stereocenters. The summed E-state index contributed by atoms with van der Waals surface area (Å²) in [5.74, 6) is 0.380. The summed E-state index contributed by atoms with van der Waals surface area (Å²) in [6.45, 7) is 0. The van der Waals surface area contributed by atoms with E-state index in [4.69, 9.17) is 16.2 Å². The van der Waals surface area contributed by atoms with Gasteiger partial charge in [0.1, 0.15) is 17.2 Å². The van der Waals surface area contributed by atoms with Crippen molar-refractivity contribution < 1.29 is 22.6 Å². The number of hydrogen-bond donors (Lipinski definition) is 2. The lowest BCUT2D eigenvalue weighted by atomic mass is 10.2. The Morgan fingerprint density at radius 3 is 2.10 bits per heavy atom. The van der Waals surface area contributed by atoms with E-state index in [2.05, 4.69) is 20.7 Å². The van der Waals surface area contributed by atoms with Gasteiger partial charge in [-0.1, -0.05) is 0 Å². The van der Waals surface area contributed by atoms with Crippen molar-refractivity contribution in [1.29, 1.82) is 0 Å². The second kappa shape index (κ2) is 5.72. The Labute approximate surface area is 126 Å². The highest BCUT2D eigenvalue weighted by molar-refractivity contribution is 9.10. The van der Waals surface area contributed by atoms with Crippen molar-refractivity contribution in [3.05, 3.63) is 40.9 Å². The molecule has 8 heteroatoms. The Hall–Kier alpha value is -2.09. The molecule has 21 heavy (non-hydrogen) atoms. The monoisotopic (exact) mass is 362 g/mol. The van der Waals surface area contributed by atoms with E-state index >= 15 is 0 Å². The number of nitrogens with two attached hydrogens (primary N) is 2. The maximum atomic E-state index is 12.2. The topological polar surface area (TPSA) is 70.5 Å². The van der Waals surface area contributed by atoms with Crippen LogP contribution in [-0.2, 0) is 0 Å². The Balaban J connectivity index is 2.18. The molecular formula is C13H10BrF3N2O2. The van der Waals surface area contributed by atoms with Crippen molar-refractivity contribution >= 4 is 27.3 Å². The predicted molar refractivity (Wildman–Crippen MR) is 76.2 cm³/mol. The second-order valence-electron chi connectivity index (χ2n) is 4.03. The highest BCUT2D eigenvalue weighted by Crippen LogP contribution is 2.35. The Kier molecular flexibility index (Phi) is 4.17. The van der Waals surface area contributed by atoms with Gasteiger partial charge in [0.25, 0.3) is 0 Å². The van der Waals surface area contributed by atoms with Gasteiger partial charge in [-0.05, 0) is 46.3 Å². The van der Waals surface area contributed by atoms with Crippen LogP contribution in [0.1, 0.15) is 0 Å². The Morgan fingerprint density at radius 2 is 1.52 bits per heavy atom. The first kappa shape index (κ1) is 15.3. The fraction of sp³-hybridized carbons (Fsp3) is 0.0769. The minimum absolute atomic E-state index is 0.112. The van der Waals surface area contributed by atoms with Gasteiger partial charge in [-0.2, -0.15) is 0 Å². The molecule has 0 unspecified atom stereocenters. The third kappa shape index (κ3) is 4.19. The lowest BCUT2D eigenvalue weighted by Gasteiger charge is -2.12. The normalized spacial score (nSPS) is 11.2. The quantitative estimate of drug-likeness (QED) is 0.798. The molecule has 4 nitrogen and oxygen atoms in total. The van der Waals surface area contributed by atoms with Gasteiger partial charge in [-0.15, -0.1) is 13.2 Å². The van der Waals surface area contributed by atoms with E-state index in [0.29, 0.717) is 22.9 Å². The molecule has 112 valence electrons. The zero-order chi connectivity index (χ0) is 15.6. The van der Waals surface area contributed by atoms with E-state index in [9.17, 15) is 13.2 Å². The van der Waals surface area contributed by atoms with Gasteiger partial charge in [-0.3, -0.25) is 0 Å². The molecule has 0 aliphatic rings. The van der Waals surface area contributed by atoms with Crippen LogP contribution in [0.4, 0.5) is 24.5 Å². The number of ether oxygens (including phenoxy) is 2. The van der Waals surface area contributed by atoms with Crippen molar-refractivity contribution in [2.24, 2.45) is 0 Å². The number of benzene rings is 2. The molecule has 0 radical (unpaired) electrons. The summed E-state index contributed by atoms with van der Waals surface area (Å²) in [4.78, 5) is 0. The predicted octanol–water partition coefficient (Wildman–Crippen LogP) is 4.30. The van der Waals surface area contributed by atoms with E-state index in [-0.39, 0.29) is 10.2 Å². The average molecular weight is 363 g/mol. The minimum atomic E-state index is -4.75. The first-order valence-corrected chi connectivity index (χ1v) is 6.42. The van der Waals surface area contributed by atoms with Crippen LogP contribution >= 0.6 is 15.9 Å². The lowest BCUT2D eigenvalue weighted by molar-refractivity contribution is -0.274. The minimum Gasteiger partial charge on any atom is -0.457 e. The van der Waals surface area contributed by atoms with E-state index in [1.165, 1.54) is 18.2 Å². The molecule has 0 aliphatic carbocycles. The maximum Gasteiger partial charge on any atom is 0.573 e. The van der Waals surface area contributed by atoms with Crippen molar-refractivity contribution in [3.63, 3.8) is 0 Å². The Morgan fingerprint density at radius 1 is 0.905 bits per heavy atom. The van der Waals surface area contributed by atoms with Crippen LogP contribution in [0.2, 0.25) is 0 Å². The summed E-state index contributed by atoms with van der Waals surface area (Å²) in [5.41, 5.74) is 12.0. The summed E-state index contributed by atoms with van der Waals surface area (Å²) in [6.07, 6.45) is -4.75. The molecule has 0 aliphatic heterocycles. The van der Waals surface area contributed by atoms with Crippen molar-refractivity contribution in [3.8, 4) is 17.2 Å². The standard InChI is InChI=1S/C13H10BrF3N2O2/c14-9-5-7(2-4-12(9)21-13(15,16)17)20-8-1-3-10(18)11(19)6-8/h1-6H,18-19H2. The highest BCUT2D eigenvalue weighted by atomic mass is 79.9. The summed E-state index contributed by atoms with van der Waals surface area (Å²) in [5, 5.41) is 0. The van der Waals surface area contributed by atoms with E-state index in [1.807, 2.05) is 0 Å². The van der Waals surface area contributed by atoms with E-state index < -0.39 is 6.36 Å². The zero-order valence-electron chi connectivity index (χ0n) is 10.4. The van der Waals surface area contributed by atoms with Crippen molar-refractivity contribution in [1.82, 2.24) is 0 Å². The fourth-order valence-electron chi connectivity index (χ4n) is 1.50. The van der Waals surface area contributed by atoms with E-state index in [1.54, 1.807) is 12.1 Å². The second-order valence-corrected chi connectivity index (χ2v) is 4.89. The Bertz CT molecular complexity index is 662. The molecule has 4 N–H and O–H groups in total. The number of halogens is 4. The fourth-order valence-corrected chi connectivity index (χ4v) is 1.94. The van der Waals surface area contributed by atoms with Crippen LogP contribution < -0.4 is 20.9 Å². The molecule has 0 saturated carbocycles. The smallest absolute Gasteiger partial charge is 0.457 e. The third-order valence-electron chi connectivity index (χ3n) is 2.42. The molecule has 0 fully saturated rings. The summed E-state index contributed by atoms with van der Waals surface area (Å²) >= 11 is 2.99. The summed E-state index contributed by atoms with van der Waals surface area (Å²) in [7, 11) is 0. The average Bonchev–Trinajstić information content (AvgIpc) is 2.36. The maximum absolute atomic E-state index is 12.2. The molecular weight excluding hydrogens is 353 g/mol. The lowest BCUT2D eigenvalue weighted by Crippen LogP contribution is -2.17. The van der Waals surface area contributed by atoms with Gasteiger partial charge in [0.15, 0.2) is 0 Å². The van der Waals surface area contributed by atoms with Gasteiger partial charge < -0.3 is 20.9 Å². The number of hydrogen-bond acceptors (Lipinski definition) is 4. The van der Waals surface area contributed by atoms with Crippen LogP contribution in [-0.4, -0.2) is 6.36 Å². The van der Waals surface area contributed by atoms with E-state index in [0.717, 1.165) is 6.07 Å².